The third kappa shape index (κ3) is 3.39. The lowest BCUT2D eigenvalue weighted by atomic mass is 9.92. The lowest BCUT2D eigenvalue weighted by molar-refractivity contribution is 0.347. The van der Waals surface area contributed by atoms with Crippen molar-refractivity contribution >= 4 is 20.9 Å². The average Bonchev–Trinajstić information content (AvgIpc) is 2.91. The van der Waals surface area contributed by atoms with Gasteiger partial charge < -0.3 is 4.90 Å². The topological polar surface area (TPSA) is 42.3 Å². The van der Waals surface area contributed by atoms with Gasteiger partial charge in [-0.3, -0.25) is 0 Å². The predicted octanol–water partition coefficient (Wildman–Crippen LogP) is 4.22. The molecule has 1 fully saturated rings. The second kappa shape index (κ2) is 7.09. The zero-order valence-electron chi connectivity index (χ0n) is 15.3. The normalized spacial score (nSPS) is 19.3. The fraction of sp³-hybridized carbons (Fsp3) is 0.333. The number of hydrogen-bond acceptors (Lipinski definition) is 3. The molecule has 2 heterocycles. The number of halogens is 1. The monoisotopic (exact) mass is 386 g/mol. The van der Waals surface area contributed by atoms with Gasteiger partial charge in [0, 0.05) is 11.6 Å². The van der Waals surface area contributed by atoms with Crippen molar-refractivity contribution in [3.8, 4) is 0 Å². The summed E-state index contributed by atoms with van der Waals surface area (Å²) in [5.74, 6) is -0.115. The molecule has 0 aliphatic carbocycles. The Morgan fingerprint density at radius 3 is 2.59 bits per heavy atom. The van der Waals surface area contributed by atoms with Gasteiger partial charge in [-0.25, -0.2) is 16.8 Å². The summed E-state index contributed by atoms with van der Waals surface area (Å²) >= 11 is 0. The molecule has 3 aromatic rings. The molecule has 0 amide bonds. The molecule has 4 rings (SSSR count). The molecule has 0 bridgehead atoms. The first-order valence-electron chi connectivity index (χ1n) is 9.26. The van der Waals surface area contributed by atoms with Gasteiger partial charge in [0.2, 0.25) is 0 Å². The maximum absolute atomic E-state index is 14.0. The molecule has 0 radical (unpaired) electrons. The van der Waals surface area contributed by atoms with E-state index in [2.05, 4.69) is 11.9 Å². The molecule has 0 spiro atoms. The van der Waals surface area contributed by atoms with E-state index in [1.54, 1.807) is 42.6 Å². The van der Waals surface area contributed by atoms with Gasteiger partial charge in [-0.2, -0.15) is 0 Å². The quantitative estimate of drug-likeness (QED) is 0.677. The molecule has 4 nitrogen and oxygen atoms in total. The van der Waals surface area contributed by atoms with Crippen molar-refractivity contribution in [3.63, 3.8) is 0 Å². The number of nitrogens with zero attached hydrogens (tertiary/aromatic N) is 2. The van der Waals surface area contributed by atoms with E-state index in [0.717, 1.165) is 37.9 Å². The molecule has 0 N–H and O–H groups in total. The molecule has 2 aromatic carbocycles. The Hall–Kier alpha value is -2.18. The molecule has 1 aliphatic heterocycles. The van der Waals surface area contributed by atoms with Crippen molar-refractivity contribution in [1.82, 2.24) is 8.87 Å². The van der Waals surface area contributed by atoms with Gasteiger partial charge in [0.05, 0.1) is 10.4 Å². The number of benzene rings is 2. The molecule has 27 heavy (non-hydrogen) atoms. The first kappa shape index (κ1) is 18.2. The fourth-order valence-electron chi connectivity index (χ4n) is 3.98. The summed E-state index contributed by atoms with van der Waals surface area (Å²) in [6, 6.07) is 12.7. The van der Waals surface area contributed by atoms with Gasteiger partial charge in [0.15, 0.2) is 0 Å². The Morgan fingerprint density at radius 1 is 1.04 bits per heavy atom. The molecule has 142 valence electrons. The smallest absolute Gasteiger partial charge is 0.268 e. The number of likely N-dealkylation sites (tertiary alicyclic amines) is 1. The number of aromatic nitrogens is 1. The molecular formula is C21H23FN2O2S. The van der Waals surface area contributed by atoms with Crippen LogP contribution in [0.15, 0.2) is 59.6 Å². The standard InChI is InChI=1S/C21H23FN2O2S/c1-23-12-5-6-16(11-13-23)20-15-24(21-10-9-17(22)14-19(20)21)27(25,26)18-7-3-2-4-8-18/h2-4,7-10,14-16H,5-6,11-13H2,1H3. The largest absolute Gasteiger partial charge is 0.306 e. The summed E-state index contributed by atoms with van der Waals surface area (Å²) in [4.78, 5) is 2.53. The predicted molar refractivity (Wildman–Crippen MR) is 105 cm³/mol. The summed E-state index contributed by atoms with van der Waals surface area (Å²) in [7, 11) is -1.63. The highest BCUT2D eigenvalue weighted by Crippen LogP contribution is 2.36. The van der Waals surface area contributed by atoms with Crippen molar-refractivity contribution in [3.05, 3.63) is 66.1 Å². The van der Waals surface area contributed by atoms with Gasteiger partial charge in [-0.05, 0) is 81.2 Å². The molecule has 1 aromatic heterocycles. The van der Waals surface area contributed by atoms with Crippen molar-refractivity contribution in [2.45, 2.75) is 30.1 Å². The summed E-state index contributed by atoms with van der Waals surface area (Å²) in [6.45, 7) is 1.99. The highest BCUT2D eigenvalue weighted by molar-refractivity contribution is 7.90. The fourth-order valence-corrected chi connectivity index (χ4v) is 5.38. The van der Waals surface area contributed by atoms with Crippen LogP contribution in [0.4, 0.5) is 4.39 Å². The van der Waals surface area contributed by atoms with E-state index in [-0.39, 0.29) is 16.6 Å². The summed E-state index contributed by atoms with van der Waals surface area (Å²) in [5, 5.41) is 0.698. The lowest BCUT2D eigenvalue weighted by Crippen LogP contribution is -2.18. The van der Waals surface area contributed by atoms with Crippen LogP contribution >= 0.6 is 0 Å². The average molecular weight is 386 g/mol. The summed E-state index contributed by atoms with van der Waals surface area (Å²) in [5.41, 5.74) is 1.46. The van der Waals surface area contributed by atoms with Gasteiger partial charge in [-0.15, -0.1) is 0 Å². The van der Waals surface area contributed by atoms with E-state index in [1.165, 1.54) is 16.1 Å². The zero-order valence-corrected chi connectivity index (χ0v) is 16.1. The minimum absolute atomic E-state index is 0.228. The number of hydrogen-bond donors (Lipinski definition) is 0. The van der Waals surface area contributed by atoms with Crippen LogP contribution in [0.1, 0.15) is 30.7 Å². The van der Waals surface area contributed by atoms with Crippen LogP contribution < -0.4 is 0 Å². The van der Waals surface area contributed by atoms with Crippen LogP contribution in [0, 0.1) is 5.82 Å². The van der Waals surface area contributed by atoms with Crippen LogP contribution in [0.3, 0.4) is 0 Å². The van der Waals surface area contributed by atoms with Gasteiger partial charge >= 0.3 is 0 Å². The molecule has 0 saturated carbocycles. The second-order valence-electron chi connectivity index (χ2n) is 7.29. The van der Waals surface area contributed by atoms with Crippen LogP contribution in [0.5, 0.6) is 0 Å². The van der Waals surface area contributed by atoms with Gasteiger partial charge in [0.1, 0.15) is 5.82 Å². The molecule has 1 atom stereocenters. The van der Waals surface area contributed by atoms with E-state index in [4.69, 9.17) is 0 Å². The Kier molecular flexibility index (Phi) is 4.78. The SMILES string of the molecule is CN1CCCC(c2cn(S(=O)(=O)c3ccccc3)c3ccc(F)cc23)CC1. The van der Waals surface area contributed by atoms with Crippen LogP contribution in [0.25, 0.3) is 10.9 Å². The molecule has 1 saturated heterocycles. The summed E-state index contributed by atoms with van der Waals surface area (Å²) < 4.78 is 41.7. The first-order valence-corrected chi connectivity index (χ1v) is 10.7. The maximum Gasteiger partial charge on any atom is 0.268 e. The van der Waals surface area contributed by atoms with Crippen molar-refractivity contribution in [2.24, 2.45) is 0 Å². The molecule has 1 unspecified atom stereocenters. The Morgan fingerprint density at radius 2 is 1.81 bits per heavy atom. The van der Waals surface area contributed by atoms with Crippen LogP contribution in [-0.2, 0) is 10.0 Å². The van der Waals surface area contributed by atoms with E-state index in [0.29, 0.717) is 10.9 Å². The zero-order chi connectivity index (χ0) is 19.0. The number of rotatable bonds is 3. The Labute approximate surface area is 159 Å². The van der Waals surface area contributed by atoms with Crippen LogP contribution in [0.2, 0.25) is 0 Å². The molecule has 1 aliphatic rings. The highest BCUT2D eigenvalue weighted by Gasteiger charge is 2.26. The molecule has 6 heteroatoms. The van der Waals surface area contributed by atoms with E-state index in [1.807, 2.05) is 0 Å². The third-order valence-electron chi connectivity index (χ3n) is 5.45. The van der Waals surface area contributed by atoms with Gasteiger partial charge in [0.25, 0.3) is 10.0 Å². The highest BCUT2D eigenvalue weighted by atomic mass is 32.2. The van der Waals surface area contributed by atoms with E-state index < -0.39 is 10.0 Å². The van der Waals surface area contributed by atoms with Crippen molar-refractivity contribution in [1.29, 1.82) is 0 Å². The minimum atomic E-state index is -3.73. The minimum Gasteiger partial charge on any atom is -0.306 e. The Bertz CT molecular complexity index is 1060. The lowest BCUT2D eigenvalue weighted by Gasteiger charge is -2.14. The van der Waals surface area contributed by atoms with Gasteiger partial charge in [-0.1, -0.05) is 18.2 Å². The molecular weight excluding hydrogens is 363 g/mol. The van der Waals surface area contributed by atoms with Crippen molar-refractivity contribution < 1.29 is 12.8 Å². The van der Waals surface area contributed by atoms with E-state index in [9.17, 15) is 12.8 Å². The van der Waals surface area contributed by atoms with Crippen molar-refractivity contribution in [2.75, 3.05) is 20.1 Å². The second-order valence-corrected chi connectivity index (χ2v) is 9.11. The Balaban J connectivity index is 1.88. The van der Waals surface area contributed by atoms with E-state index >= 15 is 0 Å². The number of fused-ring (bicyclic) bond motifs is 1. The van der Waals surface area contributed by atoms with Crippen LogP contribution in [-0.4, -0.2) is 37.4 Å². The third-order valence-corrected chi connectivity index (χ3v) is 7.14. The first-order chi connectivity index (χ1) is 13.0. The summed E-state index contributed by atoms with van der Waals surface area (Å²) in [6.07, 6.45) is 4.68. The maximum atomic E-state index is 14.0.